The highest BCUT2D eigenvalue weighted by Gasteiger charge is 2.36. The zero-order valence-corrected chi connectivity index (χ0v) is 16.2. The van der Waals surface area contributed by atoms with Gasteiger partial charge in [-0.05, 0) is 54.3 Å². The summed E-state index contributed by atoms with van der Waals surface area (Å²) in [6.07, 6.45) is 7.44. The predicted molar refractivity (Wildman–Crippen MR) is 102 cm³/mol. The van der Waals surface area contributed by atoms with E-state index in [9.17, 15) is 9.59 Å². The van der Waals surface area contributed by atoms with E-state index >= 15 is 0 Å². The highest BCUT2D eigenvalue weighted by molar-refractivity contribution is 8.18. The van der Waals surface area contributed by atoms with Gasteiger partial charge in [-0.3, -0.25) is 14.5 Å². The average molecular weight is 400 g/mol. The molecule has 2 fully saturated rings. The summed E-state index contributed by atoms with van der Waals surface area (Å²) in [6, 6.07) is 3.34. The average Bonchev–Trinajstić information content (AvgIpc) is 2.83. The van der Waals surface area contributed by atoms with Gasteiger partial charge in [-0.2, -0.15) is 0 Å². The van der Waals surface area contributed by atoms with Gasteiger partial charge < -0.3 is 4.74 Å². The number of nitrogens with zero attached hydrogens (tertiary/aromatic N) is 1. The molecule has 1 aromatic rings. The molecule has 3 rings (SSSR count). The molecule has 25 heavy (non-hydrogen) atoms. The fourth-order valence-electron chi connectivity index (χ4n) is 3.29. The monoisotopic (exact) mass is 399 g/mol. The van der Waals surface area contributed by atoms with Crippen LogP contribution in [0.4, 0.5) is 4.79 Å². The molecule has 1 aromatic carbocycles. The van der Waals surface area contributed by atoms with Crippen LogP contribution < -0.4 is 4.74 Å². The first-order chi connectivity index (χ1) is 12.0. The smallest absolute Gasteiger partial charge is 0.293 e. The summed E-state index contributed by atoms with van der Waals surface area (Å²) in [4.78, 5) is 26.6. The molecule has 1 heterocycles. The van der Waals surface area contributed by atoms with Crippen LogP contribution in [0.25, 0.3) is 6.08 Å². The van der Waals surface area contributed by atoms with Gasteiger partial charge in [0.05, 0.1) is 22.1 Å². The second-order valence-corrected chi connectivity index (χ2v) is 8.12. The number of hydrogen-bond donors (Lipinski definition) is 0. The molecule has 1 aliphatic heterocycles. The van der Waals surface area contributed by atoms with Crippen molar-refractivity contribution in [3.8, 4) is 5.75 Å². The summed E-state index contributed by atoms with van der Waals surface area (Å²) in [5.41, 5.74) is 0.666. The van der Waals surface area contributed by atoms with Gasteiger partial charge in [0.2, 0.25) is 0 Å². The van der Waals surface area contributed by atoms with Crippen LogP contribution in [0.3, 0.4) is 0 Å². The maximum atomic E-state index is 12.6. The van der Waals surface area contributed by atoms with Crippen LogP contribution in [0.5, 0.6) is 5.75 Å². The summed E-state index contributed by atoms with van der Waals surface area (Å²) in [5, 5.41) is 0.526. The Balaban J connectivity index is 1.78. The maximum Gasteiger partial charge on any atom is 0.293 e. The molecule has 2 aliphatic rings. The van der Waals surface area contributed by atoms with Gasteiger partial charge in [0, 0.05) is 6.54 Å². The Labute approximate surface area is 161 Å². The van der Waals surface area contributed by atoms with Crippen LogP contribution in [-0.2, 0) is 4.79 Å². The van der Waals surface area contributed by atoms with Crippen LogP contribution >= 0.6 is 35.0 Å². The number of methoxy groups -OCH3 is 1. The Bertz CT molecular complexity index is 706. The first-order valence-electron chi connectivity index (χ1n) is 8.28. The highest BCUT2D eigenvalue weighted by atomic mass is 35.5. The van der Waals surface area contributed by atoms with E-state index in [1.807, 2.05) is 0 Å². The Hall–Kier alpha value is -1.17. The van der Waals surface area contributed by atoms with Crippen LogP contribution in [0.1, 0.15) is 37.7 Å². The van der Waals surface area contributed by atoms with Crippen molar-refractivity contribution in [2.24, 2.45) is 5.92 Å². The van der Waals surface area contributed by atoms with E-state index in [1.165, 1.54) is 31.3 Å². The van der Waals surface area contributed by atoms with E-state index in [0.29, 0.717) is 38.7 Å². The zero-order valence-electron chi connectivity index (χ0n) is 13.9. The standard InChI is InChI=1S/C18H19Cl2NO3S/c1-24-16-13(19)7-12(8-14(16)20)9-15-17(22)21(18(23)25-15)10-11-5-3-2-4-6-11/h7-9,11H,2-6,10H2,1H3/b15-9+. The maximum absolute atomic E-state index is 12.6. The third-order valence-electron chi connectivity index (χ3n) is 4.56. The summed E-state index contributed by atoms with van der Waals surface area (Å²) >= 11 is 13.2. The van der Waals surface area contributed by atoms with E-state index < -0.39 is 0 Å². The molecule has 1 aliphatic carbocycles. The Morgan fingerprint density at radius 3 is 2.44 bits per heavy atom. The number of imide groups is 1. The Morgan fingerprint density at radius 2 is 1.84 bits per heavy atom. The number of ether oxygens (including phenoxy) is 1. The van der Waals surface area contributed by atoms with Crippen LogP contribution in [0.2, 0.25) is 10.0 Å². The summed E-state index contributed by atoms with van der Waals surface area (Å²) in [5.74, 6) is 0.584. The number of amides is 2. The van der Waals surface area contributed by atoms with Gasteiger partial charge in [-0.15, -0.1) is 0 Å². The minimum atomic E-state index is -0.233. The van der Waals surface area contributed by atoms with E-state index in [2.05, 4.69) is 0 Å². The SMILES string of the molecule is COc1c(Cl)cc(/C=C2/SC(=O)N(CC3CCCCC3)C2=O)cc1Cl. The third kappa shape index (κ3) is 4.15. The molecule has 0 spiro atoms. The lowest BCUT2D eigenvalue weighted by atomic mass is 9.89. The van der Waals surface area contributed by atoms with Gasteiger partial charge in [0.15, 0.2) is 5.75 Å². The molecule has 0 aromatic heterocycles. The van der Waals surface area contributed by atoms with Crippen LogP contribution in [-0.4, -0.2) is 29.7 Å². The molecule has 1 saturated carbocycles. The molecule has 0 atom stereocenters. The minimum absolute atomic E-state index is 0.201. The lowest BCUT2D eigenvalue weighted by Crippen LogP contribution is -2.34. The second kappa shape index (κ2) is 8.02. The minimum Gasteiger partial charge on any atom is -0.494 e. The molecule has 7 heteroatoms. The molecule has 0 bridgehead atoms. The highest BCUT2D eigenvalue weighted by Crippen LogP contribution is 2.38. The fourth-order valence-corrected chi connectivity index (χ4v) is 4.80. The molecule has 134 valence electrons. The quantitative estimate of drug-likeness (QED) is 0.616. The summed E-state index contributed by atoms with van der Waals surface area (Å²) < 4.78 is 5.12. The van der Waals surface area contributed by atoms with Crippen molar-refractivity contribution in [2.75, 3.05) is 13.7 Å². The number of rotatable bonds is 4. The number of carbonyl (C=O) groups is 2. The van der Waals surface area contributed by atoms with Gasteiger partial charge in [0.1, 0.15) is 0 Å². The molecule has 1 saturated heterocycles. The van der Waals surface area contributed by atoms with E-state index in [1.54, 1.807) is 18.2 Å². The van der Waals surface area contributed by atoms with E-state index in [0.717, 1.165) is 24.6 Å². The van der Waals surface area contributed by atoms with E-state index in [4.69, 9.17) is 27.9 Å². The molecular formula is C18H19Cl2NO3S. The second-order valence-electron chi connectivity index (χ2n) is 6.31. The molecule has 0 unspecified atom stereocenters. The first kappa shape index (κ1) is 18.6. The van der Waals surface area contributed by atoms with Gasteiger partial charge in [-0.1, -0.05) is 42.5 Å². The van der Waals surface area contributed by atoms with Crippen molar-refractivity contribution in [1.29, 1.82) is 0 Å². The number of halogens is 2. The number of carbonyl (C=O) groups excluding carboxylic acids is 2. The largest absolute Gasteiger partial charge is 0.494 e. The van der Waals surface area contributed by atoms with Crippen molar-refractivity contribution in [2.45, 2.75) is 32.1 Å². The summed E-state index contributed by atoms with van der Waals surface area (Å²) in [7, 11) is 1.49. The number of benzene rings is 1. The molecule has 2 amide bonds. The normalized spacial score (nSPS) is 20.6. The number of thioether (sulfide) groups is 1. The van der Waals surface area contributed by atoms with Gasteiger partial charge in [0.25, 0.3) is 11.1 Å². The van der Waals surface area contributed by atoms with Crippen LogP contribution in [0, 0.1) is 5.92 Å². The first-order valence-corrected chi connectivity index (χ1v) is 9.85. The van der Waals surface area contributed by atoms with Crippen molar-refractivity contribution in [3.05, 3.63) is 32.6 Å². The number of hydrogen-bond acceptors (Lipinski definition) is 4. The summed E-state index contributed by atoms with van der Waals surface area (Å²) in [6.45, 7) is 0.520. The lowest BCUT2D eigenvalue weighted by Gasteiger charge is -2.25. The fraction of sp³-hybridized carbons (Fsp3) is 0.444. The molecule has 0 N–H and O–H groups in total. The molecule has 0 radical (unpaired) electrons. The third-order valence-corrected chi connectivity index (χ3v) is 6.03. The Kier molecular flexibility index (Phi) is 5.97. The predicted octanol–water partition coefficient (Wildman–Crippen LogP) is 5.62. The van der Waals surface area contributed by atoms with Crippen LogP contribution in [0.15, 0.2) is 17.0 Å². The van der Waals surface area contributed by atoms with Crippen molar-refractivity contribution < 1.29 is 14.3 Å². The molecule has 4 nitrogen and oxygen atoms in total. The van der Waals surface area contributed by atoms with Gasteiger partial charge in [-0.25, -0.2) is 0 Å². The molecular weight excluding hydrogens is 381 g/mol. The zero-order chi connectivity index (χ0) is 18.0. The van der Waals surface area contributed by atoms with Gasteiger partial charge >= 0.3 is 0 Å². The van der Waals surface area contributed by atoms with Crippen molar-refractivity contribution in [1.82, 2.24) is 4.90 Å². The van der Waals surface area contributed by atoms with Crippen molar-refractivity contribution in [3.63, 3.8) is 0 Å². The van der Waals surface area contributed by atoms with E-state index in [-0.39, 0.29) is 11.1 Å². The lowest BCUT2D eigenvalue weighted by molar-refractivity contribution is -0.123. The Morgan fingerprint density at radius 1 is 1.20 bits per heavy atom. The van der Waals surface area contributed by atoms with Crippen molar-refractivity contribution >= 4 is 52.2 Å². The topological polar surface area (TPSA) is 46.6 Å².